The van der Waals surface area contributed by atoms with Gasteiger partial charge in [0.2, 0.25) is 0 Å². The maximum absolute atomic E-state index is 9.38. The van der Waals surface area contributed by atoms with Crippen LogP contribution in [0.1, 0.15) is 51.4 Å². The summed E-state index contributed by atoms with van der Waals surface area (Å²) >= 11 is 0. The summed E-state index contributed by atoms with van der Waals surface area (Å²) in [4.78, 5) is 0. The second-order valence-electron chi connectivity index (χ2n) is 4.54. The van der Waals surface area contributed by atoms with Crippen LogP contribution in [0.15, 0.2) is 11.6 Å². The molecule has 2 aliphatic carbocycles. The summed E-state index contributed by atoms with van der Waals surface area (Å²) < 4.78 is 0. The molecular weight excluding hydrogens is 160 g/mol. The van der Waals surface area contributed by atoms with E-state index < -0.39 is 0 Å². The Bertz CT molecular complexity index is 189. The molecule has 0 radical (unpaired) electrons. The van der Waals surface area contributed by atoms with E-state index in [1.807, 2.05) is 0 Å². The first-order valence-electron chi connectivity index (χ1n) is 5.73. The number of aliphatic hydroxyl groups excluding tert-OH is 1. The van der Waals surface area contributed by atoms with E-state index in [4.69, 9.17) is 0 Å². The third-order valence-electron chi connectivity index (χ3n) is 3.55. The van der Waals surface area contributed by atoms with Crippen LogP contribution in [0.5, 0.6) is 0 Å². The summed E-state index contributed by atoms with van der Waals surface area (Å²) in [5.41, 5.74) is 1.66. The quantitative estimate of drug-likeness (QED) is 0.615. The highest BCUT2D eigenvalue weighted by molar-refractivity contribution is 5.11. The van der Waals surface area contributed by atoms with Gasteiger partial charge in [0, 0.05) is 0 Å². The molecule has 0 saturated heterocycles. The Morgan fingerprint density at radius 2 is 1.85 bits per heavy atom. The predicted molar refractivity (Wildman–Crippen MR) is 54.5 cm³/mol. The van der Waals surface area contributed by atoms with Crippen LogP contribution in [-0.2, 0) is 0 Å². The molecule has 1 fully saturated rings. The van der Waals surface area contributed by atoms with Gasteiger partial charge in [0.1, 0.15) is 0 Å². The second-order valence-corrected chi connectivity index (χ2v) is 4.54. The Hall–Kier alpha value is -0.300. The van der Waals surface area contributed by atoms with E-state index in [2.05, 4.69) is 6.08 Å². The smallest absolute Gasteiger partial charge is 0.0577 e. The van der Waals surface area contributed by atoms with E-state index >= 15 is 0 Å². The van der Waals surface area contributed by atoms with Crippen molar-refractivity contribution in [2.45, 2.75) is 57.5 Å². The van der Waals surface area contributed by atoms with E-state index in [9.17, 15) is 5.11 Å². The monoisotopic (exact) mass is 180 g/mol. The Morgan fingerprint density at radius 3 is 2.46 bits per heavy atom. The second kappa shape index (κ2) is 4.28. The summed E-state index contributed by atoms with van der Waals surface area (Å²) in [5, 5.41) is 9.38. The maximum Gasteiger partial charge on any atom is 0.0577 e. The molecule has 1 nitrogen and oxygen atoms in total. The Morgan fingerprint density at radius 1 is 1.08 bits per heavy atom. The lowest BCUT2D eigenvalue weighted by Gasteiger charge is -2.28. The molecule has 0 aromatic carbocycles. The standard InChI is InChI=1S/C12H20O/c13-12-8-6-11(7-9-12)10-4-2-1-3-5-10/h6,10,12-13H,1-5,7-9H2. The molecule has 74 valence electrons. The molecule has 1 N–H and O–H groups in total. The largest absolute Gasteiger partial charge is 0.393 e. The van der Waals surface area contributed by atoms with Crippen molar-refractivity contribution < 1.29 is 5.11 Å². The van der Waals surface area contributed by atoms with Crippen LogP contribution in [0.2, 0.25) is 0 Å². The summed E-state index contributed by atoms with van der Waals surface area (Å²) in [7, 11) is 0. The molecule has 13 heavy (non-hydrogen) atoms. The van der Waals surface area contributed by atoms with Crippen molar-refractivity contribution >= 4 is 0 Å². The van der Waals surface area contributed by atoms with Crippen LogP contribution in [0, 0.1) is 5.92 Å². The van der Waals surface area contributed by atoms with Crippen LogP contribution in [-0.4, -0.2) is 11.2 Å². The van der Waals surface area contributed by atoms with E-state index in [0.29, 0.717) is 0 Å². The summed E-state index contributed by atoms with van der Waals surface area (Å²) in [5.74, 6) is 0.876. The number of hydrogen-bond donors (Lipinski definition) is 1. The molecule has 1 atom stereocenters. The Labute approximate surface area is 80.8 Å². The average Bonchev–Trinajstić information content (AvgIpc) is 2.20. The van der Waals surface area contributed by atoms with Gasteiger partial charge in [0.05, 0.1) is 6.10 Å². The Balaban J connectivity index is 1.92. The van der Waals surface area contributed by atoms with Crippen LogP contribution in [0.4, 0.5) is 0 Å². The fourth-order valence-electron chi connectivity index (χ4n) is 2.68. The molecule has 1 unspecified atom stereocenters. The molecular formula is C12H20O. The molecule has 0 amide bonds. The number of aliphatic hydroxyl groups is 1. The zero-order valence-electron chi connectivity index (χ0n) is 8.34. The maximum atomic E-state index is 9.38. The molecule has 0 spiro atoms. The van der Waals surface area contributed by atoms with E-state index in [1.165, 1.54) is 32.1 Å². The zero-order valence-corrected chi connectivity index (χ0v) is 8.34. The van der Waals surface area contributed by atoms with Gasteiger partial charge in [0.15, 0.2) is 0 Å². The van der Waals surface area contributed by atoms with Gasteiger partial charge in [-0.2, -0.15) is 0 Å². The first-order chi connectivity index (χ1) is 6.36. The molecule has 2 aliphatic rings. The lowest BCUT2D eigenvalue weighted by molar-refractivity contribution is 0.159. The molecule has 0 bridgehead atoms. The van der Waals surface area contributed by atoms with Crippen molar-refractivity contribution in [1.29, 1.82) is 0 Å². The van der Waals surface area contributed by atoms with Crippen LogP contribution in [0.3, 0.4) is 0 Å². The van der Waals surface area contributed by atoms with E-state index in [1.54, 1.807) is 5.57 Å². The SMILES string of the molecule is OC1CC=C(C2CCCCC2)CC1. The fraction of sp³-hybridized carbons (Fsp3) is 0.833. The van der Waals surface area contributed by atoms with E-state index in [0.717, 1.165) is 25.2 Å². The van der Waals surface area contributed by atoms with Crippen molar-refractivity contribution in [1.82, 2.24) is 0 Å². The first-order valence-corrected chi connectivity index (χ1v) is 5.73. The van der Waals surface area contributed by atoms with Gasteiger partial charge in [-0.3, -0.25) is 0 Å². The summed E-state index contributed by atoms with van der Waals surface area (Å²) in [6.07, 6.45) is 12.4. The highest BCUT2D eigenvalue weighted by Gasteiger charge is 2.20. The minimum atomic E-state index is -0.0488. The van der Waals surface area contributed by atoms with E-state index in [-0.39, 0.29) is 6.10 Å². The van der Waals surface area contributed by atoms with Gasteiger partial charge in [-0.1, -0.05) is 30.9 Å². The third kappa shape index (κ3) is 2.34. The number of allylic oxidation sites excluding steroid dienone is 1. The van der Waals surface area contributed by atoms with Crippen molar-refractivity contribution in [2.75, 3.05) is 0 Å². The van der Waals surface area contributed by atoms with Gasteiger partial charge in [-0.25, -0.2) is 0 Å². The van der Waals surface area contributed by atoms with Crippen molar-refractivity contribution in [3.63, 3.8) is 0 Å². The molecule has 0 aromatic heterocycles. The van der Waals surface area contributed by atoms with Gasteiger partial charge < -0.3 is 5.11 Å². The minimum absolute atomic E-state index is 0.0488. The molecule has 2 rings (SSSR count). The molecule has 1 heteroatoms. The zero-order chi connectivity index (χ0) is 9.10. The molecule has 0 aliphatic heterocycles. The first kappa shape index (κ1) is 9.26. The van der Waals surface area contributed by atoms with Crippen LogP contribution in [0.25, 0.3) is 0 Å². The Kier molecular flexibility index (Phi) is 3.05. The van der Waals surface area contributed by atoms with Crippen LogP contribution < -0.4 is 0 Å². The number of hydrogen-bond acceptors (Lipinski definition) is 1. The molecule has 0 aromatic rings. The highest BCUT2D eigenvalue weighted by atomic mass is 16.3. The van der Waals surface area contributed by atoms with Crippen LogP contribution >= 0.6 is 0 Å². The van der Waals surface area contributed by atoms with Gasteiger partial charge >= 0.3 is 0 Å². The molecule has 1 saturated carbocycles. The van der Waals surface area contributed by atoms with Gasteiger partial charge in [-0.05, 0) is 38.0 Å². The van der Waals surface area contributed by atoms with Gasteiger partial charge in [-0.15, -0.1) is 0 Å². The average molecular weight is 180 g/mol. The van der Waals surface area contributed by atoms with Crippen molar-refractivity contribution in [3.8, 4) is 0 Å². The lowest BCUT2D eigenvalue weighted by atomic mass is 9.79. The lowest BCUT2D eigenvalue weighted by Crippen LogP contribution is -2.16. The minimum Gasteiger partial charge on any atom is -0.393 e. The summed E-state index contributed by atoms with van der Waals surface area (Å²) in [6, 6.07) is 0. The third-order valence-corrected chi connectivity index (χ3v) is 3.55. The fourth-order valence-corrected chi connectivity index (χ4v) is 2.68. The highest BCUT2D eigenvalue weighted by Crippen LogP contribution is 2.34. The van der Waals surface area contributed by atoms with Crippen molar-refractivity contribution in [3.05, 3.63) is 11.6 Å². The topological polar surface area (TPSA) is 20.2 Å². The number of rotatable bonds is 1. The normalized spacial score (nSPS) is 31.5. The summed E-state index contributed by atoms with van der Waals surface area (Å²) in [6.45, 7) is 0. The van der Waals surface area contributed by atoms with Gasteiger partial charge in [0.25, 0.3) is 0 Å². The predicted octanol–water partition coefficient (Wildman–Crippen LogP) is 3.04. The molecule has 0 heterocycles. The van der Waals surface area contributed by atoms with Crippen molar-refractivity contribution in [2.24, 2.45) is 5.92 Å².